The second-order valence-electron chi connectivity index (χ2n) is 7.95. The minimum Gasteiger partial charge on any atom is -0.488 e. The number of carbonyl (C=O) groups excluding carboxylic acids is 1. The van der Waals surface area contributed by atoms with Crippen LogP contribution in [0.2, 0.25) is 0 Å². The number of para-hydroxylation sites is 1. The molecule has 0 aliphatic carbocycles. The Bertz CT molecular complexity index is 1280. The van der Waals surface area contributed by atoms with Crippen LogP contribution in [0.25, 0.3) is 11.0 Å². The van der Waals surface area contributed by atoms with E-state index in [2.05, 4.69) is 53.4 Å². The summed E-state index contributed by atoms with van der Waals surface area (Å²) in [6.45, 7) is 6.74. The molecule has 0 aliphatic rings. The number of H-pyrrole nitrogens is 1. The third-order valence-electron chi connectivity index (χ3n) is 4.87. The molecule has 1 amide bonds. The van der Waals surface area contributed by atoms with Crippen LogP contribution in [0.3, 0.4) is 0 Å². The topological polar surface area (TPSA) is 79.4 Å². The number of hydrogen-bond acceptors (Lipinski definition) is 5. The van der Waals surface area contributed by atoms with Gasteiger partial charge in [0.15, 0.2) is 5.16 Å². The van der Waals surface area contributed by atoms with Crippen molar-refractivity contribution < 1.29 is 9.53 Å². The van der Waals surface area contributed by atoms with Crippen molar-refractivity contribution in [1.82, 2.24) is 15.4 Å². The Balaban J connectivity index is 1.40. The average molecular weight is 459 g/mol. The summed E-state index contributed by atoms with van der Waals surface area (Å²) >= 11 is 1.65. The number of aromatic amines is 1. The Labute approximate surface area is 197 Å². The van der Waals surface area contributed by atoms with Crippen LogP contribution < -0.4 is 10.2 Å². The predicted octanol–water partition coefficient (Wildman–Crippen LogP) is 5.71. The lowest BCUT2D eigenvalue weighted by Gasteiger charge is -2.09. The molecule has 0 saturated carbocycles. The molecule has 0 radical (unpaired) electrons. The second kappa shape index (κ2) is 10.4. The maximum absolute atomic E-state index is 12.6. The van der Waals surface area contributed by atoms with E-state index in [0.29, 0.717) is 23.2 Å². The molecule has 0 spiro atoms. The number of fused-ring (bicyclic) bond motifs is 1. The van der Waals surface area contributed by atoms with Gasteiger partial charge in [0.25, 0.3) is 5.91 Å². The number of hydrazone groups is 1. The fraction of sp³-hybridized carbons (Fsp3) is 0.192. The molecule has 6 nitrogen and oxygen atoms in total. The van der Waals surface area contributed by atoms with Gasteiger partial charge in [0.1, 0.15) is 12.4 Å². The number of benzene rings is 3. The summed E-state index contributed by atoms with van der Waals surface area (Å²) in [7, 11) is 0. The number of carbonyl (C=O) groups is 1. The number of rotatable bonds is 8. The Morgan fingerprint density at radius 2 is 1.94 bits per heavy atom. The highest BCUT2D eigenvalue weighted by atomic mass is 32.2. The number of hydrogen-bond donors (Lipinski definition) is 2. The van der Waals surface area contributed by atoms with Gasteiger partial charge in [0.2, 0.25) is 0 Å². The molecule has 4 rings (SSSR count). The minimum atomic E-state index is -0.293. The summed E-state index contributed by atoms with van der Waals surface area (Å²) < 4.78 is 5.97. The maximum atomic E-state index is 12.6. The van der Waals surface area contributed by atoms with Crippen molar-refractivity contribution in [3.05, 3.63) is 89.0 Å². The molecule has 0 aliphatic heterocycles. The summed E-state index contributed by atoms with van der Waals surface area (Å²) in [4.78, 5) is 20.4. The first kappa shape index (κ1) is 22.6. The molecular weight excluding hydrogens is 432 g/mol. The van der Waals surface area contributed by atoms with Gasteiger partial charge in [-0.25, -0.2) is 10.4 Å². The van der Waals surface area contributed by atoms with Crippen LogP contribution in [0, 0.1) is 6.92 Å². The maximum Gasteiger partial charge on any atom is 0.271 e. The Morgan fingerprint density at radius 1 is 1.15 bits per heavy atom. The molecule has 1 heterocycles. The number of nitrogens with one attached hydrogen (secondary N) is 2. The van der Waals surface area contributed by atoms with Crippen molar-refractivity contribution in [1.29, 1.82) is 0 Å². The number of aryl methyl sites for hydroxylation is 1. The standard InChI is InChI=1S/C26H26N4O2S/c1-17(2)33-26-28-22-13-12-20(14-23(22)29-26)25(31)30-27-15-21-6-4-5-7-24(21)32-16-19-10-8-18(3)9-11-19/h4-15,17H,16H2,1-3H3,(H,28,29)(H,30,31)/b27-15-. The van der Waals surface area contributed by atoms with Gasteiger partial charge in [-0.1, -0.05) is 67.6 Å². The predicted molar refractivity (Wildman–Crippen MR) is 134 cm³/mol. The monoisotopic (exact) mass is 458 g/mol. The van der Waals surface area contributed by atoms with Crippen LogP contribution in [0.1, 0.15) is 40.9 Å². The summed E-state index contributed by atoms with van der Waals surface area (Å²) in [5.41, 5.74) is 7.84. The molecule has 0 unspecified atom stereocenters. The average Bonchev–Trinajstić information content (AvgIpc) is 3.20. The first-order chi connectivity index (χ1) is 16.0. The summed E-state index contributed by atoms with van der Waals surface area (Å²) in [5, 5.41) is 5.40. The number of thioether (sulfide) groups is 1. The van der Waals surface area contributed by atoms with Crippen LogP contribution in [-0.4, -0.2) is 27.3 Å². The second-order valence-corrected chi connectivity index (χ2v) is 9.52. The van der Waals surface area contributed by atoms with Crippen molar-refractivity contribution >= 4 is 34.9 Å². The molecule has 0 saturated heterocycles. The summed E-state index contributed by atoms with van der Waals surface area (Å²) in [5.74, 6) is 0.406. The normalized spacial score (nSPS) is 11.4. The zero-order chi connectivity index (χ0) is 23.2. The van der Waals surface area contributed by atoms with Crippen LogP contribution >= 0.6 is 11.8 Å². The van der Waals surface area contributed by atoms with Crippen molar-refractivity contribution in [2.75, 3.05) is 0 Å². The van der Waals surface area contributed by atoms with E-state index in [4.69, 9.17) is 4.74 Å². The quantitative estimate of drug-likeness (QED) is 0.201. The van der Waals surface area contributed by atoms with Gasteiger partial charge in [-0.05, 0) is 42.8 Å². The van der Waals surface area contributed by atoms with Gasteiger partial charge in [-0.3, -0.25) is 4.79 Å². The number of imidazole rings is 1. The van der Waals surface area contributed by atoms with Crippen LogP contribution in [0.5, 0.6) is 5.75 Å². The van der Waals surface area contributed by atoms with Gasteiger partial charge in [-0.2, -0.15) is 5.10 Å². The smallest absolute Gasteiger partial charge is 0.271 e. The minimum absolute atomic E-state index is 0.293. The zero-order valence-electron chi connectivity index (χ0n) is 18.8. The van der Waals surface area contributed by atoms with Crippen molar-refractivity contribution in [2.24, 2.45) is 5.10 Å². The molecule has 2 N–H and O–H groups in total. The van der Waals surface area contributed by atoms with Gasteiger partial charge >= 0.3 is 0 Å². The third-order valence-corrected chi connectivity index (χ3v) is 5.76. The number of amides is 1. The lowest BCUT2D eigenvalue weighted by Crippen LogP contribution is -2.17. The highest BCUT2D eigenvalue weighted by Crippen LogP contribution is 2.23. The Kier molecular flexibility index (Phi) is 7.10. The molecule has 7 heteroatoms. The fourth-order valence-corrected chi connectivity index (χ4v) is 3.96. The largest absolute Gasteiger partial charge is 0.488 e. The molecular formula is C26H26N4O2S. The van der Waals surface area contributed by atoms with E-state index < -0.39 is 0 Å². The van der Waals surface area contributed by atoms with E-state index in [1.165, 1.54) is 5.56 Å². The van der Waals surface area contributed by atoms with Crippen molar-refractivity contribution in [3.63, 3.8) is 0 Å². The lowest BCUT2D eigenvalue weighted by atomic mass is 10.1. The first-order valence-electron chi connectivity index (χ1n) is 10.7. The highest BCUT2D eigenvalue weighted by Gasteiger charge is 2.10. The molecule has 4 aromatic rings. The van der Waals surface area contributed by atoms with Crippen molar-refractivity contribution in [3.8, 4) is 5.75 Å². The van der Waals surface area contributed by atoms with Crippen molar-refractivity contribution in [2.45, 2.75) is 37.8 Å². The van der Waals surface area contributed by atoms with E-state index in [1.807, 2.05) is 42.5 Å². The third kappa shape index (κ3) is 6.02. The first-order valence-corrected chi connectivity index (χ1v) is 11.6. The van der Waals surface area contributed by atoms with E-state index in [1.54, 1.807) is 30.1 Å². The van der Waals surface area contributed by atoms with Gasteiger partial charge in [-0.15, -0.1) is 0 Å². The highest BCUT2D eigenvalue weighted by molar-refractivity contribution is 7.99. The molecule has 3 aromatic carbocycles. The SMILES string of the molecule is Cc1ccc(COc2ccccc2/C=N\NC(=O)c2ccc3nc(SC(C)C)[nH]c3c2)cc1. The number of aromatic nitrogens is 2. The molecule has 0 fully saturated rings. The molecule has 168 valence electrons. The fourth-order valence-electron chi connectivity index (χ4n) is 3.20. The molecule has 0 atom stereocenters. The van der Waals surface area contributed by atoms with Crippen LogP contribution in [0.15, 0.2) is 77.0 Å². The number of ether oxygens (including phenoxy) is 1. The van der Waals surface area contributed by atoms with E-state index >= 15 is 0 Å². The van der Waals surface area contributed by atoms with E-state index in [-0.39, 0.29) is 5.91 Å². The van der Waals surface area contributed by atoms with Gasteiger partial charge < -0.3 is 9.72 Å². The zero-order valence-corrected chi connectivity index (χ0v) is 19.6. The lowest BCUT2D eigenvalue weighted by molar-refractivity contribution is 0.0955. The Hall–Kier alpha value is -3.58. The van der Waals surface area contributed by atoms with Crippen LogP contribution in [0.4, 0.5) is 0 Å². The summed E-state index contributed by atoms with van der Waals surface area (Å²) in [6.07, 6.45) is 1.59. The van der Waals surface area contributed by atoms with E-state index in [0.717, 1.165) is 27.3 Å². The summed E-state index contributed by atoms with van der Waals surface area (Å²) in [6, 6.07) is 21.2. The molecule has 33 heavy (non-hydrogen) atoms. The van der Waals surface area contributed by atoms with E-state index in [9.17, 15) is 4.79 Å². The Morgan fingerprint density at radius 3 is 2.73 bits per heavy atom. The van der Waals surface area contributed by atoms with Gasteiger partial charge in [0.05, 0.1) is 17.2 Å². The van der Waals surface area contributed by atoms with Gasteiger partial charge in [0, 0.05) is 16.4 Å². The van der Waals surface area contributed by atoms with Crippen LogP contribution in [-0.2, 0) is 6.61 Å². The molecule has 1 aromatic heterocycles. The molecule has 0 bridgehead atoms. The number of nitrogens with zero attached hydrogens (tertiary/aromatic N) is 2.